The number of hydrogen-bond donors (Lipinski definition) is 1. The largest absolute Gasteiger partial charge is 0.481 e. The molecule has 1 heterocycles. The molecule has 0 radical (unpaired) electrons. The summed E-state index contributed by atoms with van der Waals surface area (Å²) in [7, 11) is 3.85. The van der Waals surface area contributed by atoms with Gasteiger partial charge in [0, 0.05) is 10.9 Å². The molecule has 1 fully saturated rings. The van der Waals surface area contributed by atoms with E-state index in [-0.39, 0.29) is 6.04 Å². The molecule has 1 N–H and O–H groups in total. The monoisotopic (exact) mass is 259 g/mol. The molecule has 19 heavy (non-hydrogen) atoms. The van der Waals surface area contributed by atoms with E-state index in [4.69, 9.17) is 4.42 Å². The van der Waals surface area contributed by atoms with Crippen LogP contribution in [0.5, 0.6) is 0 Å². The molecule has 0 saturated heterocycles. The van der Waals surface area contributed by atoms with Crippen molar-refractivity contribution >= 4 is 16.9 Å². The van der Waals surface area contributed by atoms with Gasteiger partial charge in [-0.1, -0.05) is 18.2 Å². The molecule has 2 aromatic rings. The fourth-order valence-corrected chi connectivity index (χ4v) is 3.02. The number of fused-ring (bicyclic) bond motifs is 1. The molecular weight excluding hydrogens is 242 g/mol. The highest BCUT2D eigenvalue weighted by Crippen LogP contribution is 2.57. The first-order valence-electron chi connectivity index (χ1n) is 6.42. The van der Waals surface area contributed by atoms with E-state index in [1.165, 1.54) is 0 Å². The summed E-state index contributed by atoms with van der Waals surface area (Å²) in [6.07, 6.45) is 3.16. The molecule has 1 aromatic carbocycles. The number of nitrogens with zero attached hydrogens (tertiary/aromatic N) is 1. The maximum absolute atomic E-state index is 11.6. The molecule has 1 unspecified atom stereocenters. The van der Waals surface area contributed by atoms with Crippen LogP contribution in [0, 0.1) is 5.41 Å². The van der Waals surface area contributed by atoms with Crippen LogP contribution < -0.4 is 0 Å². The summed E-state index contributed by atoms with van der Waals surface area (Å²) in [5, 5.41) is 10.5. The lowest BCUT2D eigenvalue weighted by molar-refractivity contribution is -0.146. The van der Waals surface area contributed by atoms with E-state index in [1.807, 2.05) is 43.3 Å². The number of hydrogen-bond acceptors (Lipinski definition) is 3. The Morgan fingerprint density at radius 2 is 2.05 bits per heavy atom. The van der Waals surface area contributed by atoms with E-state index in [1.54, 1.807) is 6.26 Å². The van der Waals surface area contributed by atoms with Crippen LogP contribution in [0.4, 0.5) is 0 Å². The van der Waals surface area contributed by atoms with Gasteiger partial charge in [-0.2, -0.15) is 0 Å². The van der Waals surface area contributed by atoms with Gasteiger partial charge in [-0.05, 0) is 33.0 Å². The van der Waals surface area contributed by atoms with E-state index in [9.17, 15) is 9.90 Å². The second-order valence-electron chi connectivity index (χ2n) is 5.51. The van der Waals surface area contributed by atoms with Crippen molar-refractivity contribution in [3.63, 3.8) is 0 Å². The smallest absolute Gasteiger partial charge is 0.311 e. The third-order valence-corrected chi connectivity index (χ3v) is 4.06. The summed E-state index contributed by atoms with van der Waals surface area (Å²) in [6, 6.07) is 7.63. The summed E-state index contributed by atoms with van der Waals surface area (Å²) < 4.78 is 5.56. The van der Waals surface area contributed by atoms with E-state index in [2.05, 4.69) is 0 Å². The van der Waals surface area contributed by atoms with Gasteiger partial charge in [0.05, 0.1) is 17.7 Å². The Hall–Kier alpha value is -1.81. The fourth-order valence-electron chi connectivity index (χ4n) is 3.02. The van der Waals surface area contributed by atoms with Gasteiger partial charge in [0.2, 0.25) is 0 Å². The standard InChI is InChI=1S/C15H17NO3/c1-16(2)13(15(7-8-15)14(17)18)11-9-19-12-6-4-3-5-10(11)12/h3-6,9,13H,7-8H2,1-2H3,(H,17,18). The van der Waals surface area contributed by atoms with E-state index in [0.29, 0.717) is 0 Å². The van der Waals surface area contributed by atoms with Gasteiger partial charge < -0.3 is 14.4 Å². The second kappa shape index (κ2) is 4.10. The average Bonchev–Trinajstić information content (AvgIpc) is 3.06. The summed E-state index contributed by atoms with van der Waals surface area (Å²) in [5.41, 5.74) is 1.13. The van der Waals surface area contributed by atoms with Crippen LogP contribution in [-0.4, -0.2) is 30.1 Å². The lowest BCUT2D eigenvalue weighted by Crippen LogP contribution is -2.33. The zero-order valence-electron chi connectivity index (χ0n) is 11.1. The normalized spacial score (nSPS) is 18.7. The first-order chi connectivity index (χ1) is 9.06. The van der Waals surface area contributed by atoms with E-state index < -0.39 is 11.4 Å². The molecule has 1 saturated carbocycles. The van der Waals surface area contributed by atoms with E-state index in [0.717, 1.165) is 29.4 Å². The van der Waals surface area contributed by atoms with Gasteiger partial charge in [0.15, 0.2) is 0 Å². The van der Waals surface area contributed by atoms with Gasteiger partial charge in [0.1, 0.15) is 5.58 Å². The van der Waals surface area contributed by atoms with Crippen molar-refractivity contribution in [3.05, 3.63) is 36.1 Å². The first-order valence-corrected chi connectivity index (χ1v) is 6.42. The van der Waals surface area contributed by atoms with Gasteiger partial charge in [0.25, 0.3) is 0 Å². The van der Waals surface area contributed by atoms with Crippen molar-refractivity contribution in [3.8, 4) is 0 Å². The lowest BCUT2D eigenvalue weighted by Gasteiger charge is -2.29. The van der Waals surface area contributed by atoms with Crippen molar-refractivity contribution < 1.29 is 14.3 Å². The van der Waals surface area contributed by atoms with Gasteiger partial charge in [-0.15, -0.1) is 0 Å². The Kier molecular flexibility index (Phi) is 2.64. The predicted molar refractivity (Wildman–Crippen MR) is 71.9 cm³/mol. The van der Waals surface area contributed by atoms with Crippen LogP contribution in [0.2, 0.25) is 0 Å². The molecule has 1 atom stereocenters. The van der Waals surface area contributed by atoms with Crippen LogP contribution in [0.15, 0.2) is 34.9 Å². The highest BCUT2D eigenvalue weighted by atomic mass is 16.4. The quantitative estimate of drug-likeness (QED) is 0.917. The van der Waals surface area contributed by atoms with Crippen molar-refractivity contribution in [2.45, 2.75) is 18.9 Å². The molecule has 4 heteroatoms. The highest BCUT2D eigenvalue weighted by molar-refractivity contribution is 5.85. The van der Waals surface area contributed by atoms with Crippen molar-refractivity contribution in [1.82, 2.24) is 4.90 Å². The number of para-hydroxylation sites is 1. The van der Waals surface area contributed by atoms with E-state index >= 15 is 0 Å². The molecular formula is C15H17NO3. The number of benzene rings is 1. The van der Waals surface area contributed by atoms with Gasteiger partial charge in [-0.25, -0.2) is 0 Å². The van der Waals surface area contributed by atoms with Gasteiger partial charge >= 0.3 is 5.97 Å². The molecule has 0 bridgehead atoms. The Balaban J connectivity index is 2.14. The van der Waals surface area contributed by atoms with Crippen LogP contribution in [-0.2, 0) is 4.79 Å². The van der Waals surface area contributed by atoms with Crippen LogP contribution >= 0.6 is 0 Å². The number of rotatable bonds is 4. The Morgan fingerprint density at radius 1 is 1.37 bits per heavy atom. The summed E-state index contributed by atoms with van der Waals surface area (Å²) >= 11 is 0. The molecule has 1 aliphatic rings. The molecule has 1 aliphatic carbocycles. The lowest BCUT2D eigenvalue weighted by atomic mass is 9.89. The minimum absolute atomic E-state index is 0.145. The predicted octanol–water partition coefficient (Wildman–Crippen LogP) is 2.90. The van der Waals surface area contributed by atoms with Crippen molar-refractivity contribution in [1.29, 1.82) is 0 Å². The van der Waals surface area contributed by atoms with Crippen molar-refractivity contribution in [2.24, 2.45) is 5.41 Å². The third-order valence-electron chi connectivity index (χ3n) is 4.06. The minimum Gasteiger partial charge on any atom is -0.481 e. The number of carboxylic acids is 1. The Morgan fingerprint density at radius 3 is 2.63 bits per heavy atom. The molecule has 100 valence electrons. The number of carbonyl (C=O) groups is 1. The first kappa shape index (κ1) is 12.2. The maximum atomic E-state index is 11.6. The topological polar surface area (TPSA) is 53.7 Å². The maximum Gasteiger partial charge on any atom is 0.311 e. The van der Waals surface area contributed by atoms with Crippen molar-refractivity contribution in [2.75, 3.05) is 14.1 Å². The zero-order chi connectivity index (χ0) is 13.6. The second-order valence-corrected chi connectivity index (χ2v) is 5.51. The molecule has 3 rings (SSSR count). The van der Waals surface area contributed by atoms with Crippen LogP contribution in [0.3, 0.4) is 0 Å². The number of aliphatic carboxylic acids is 1. The molecule has 1 aromatic heterocycles. The molecule has 0 spiro atoms. The Labute approximate surface area is 111 Å². The number of furan rings is 1. The minimum atomic E-state index is -0.712. The molecule has 4 nitrogen and oxygen atoms in total. The number of carboxylic acid groups (broad SMARTS) is 1. The average molecular weight is 259 g/mol. The SMILES string of the molecule is CN(C)C(c1coc2ccccc12)C1(C(=O)O)CC1. The summed E-state index contributed by atoms with van der Waals surface area (Å²) in [5.74, 6) is -0.712. The van der Waals surface area contributed by atoms with Gasteiger partial charge in [-0.3, -0.25) is 4.79 Å². The Bertz CT molecular complexity index is 625. The zero-order valence-corrected chi connectivity index (χ0v) is 11.1. The highest BCUT2D eigenvalue weighted by Gasteiger charge is 2.58. The summed E-state index contributed by atoms with van der Waals surface area (Å²) in [4.78, 5) is 13.6. The molecule has 0 amide bonds. The van der Waals surface area contributed by atoms with Crippen LogP contribution in [0.1, 0.15) is 24.4 Å². The fraction of sp³-hybridized carbons (Fsp3) is 0.400. The molecule has 0 aliphatic heterocycles. The van der Waals surface area contributed by atoms with Crippen LogP contribution in [0.25, 0.3) is 11.0 Å². The third kappa shape index (κ3) is 1.75. The summed E-state index contributed by atoms with van der Waals surface area (Å²) in [6.45, 7) is 0.